The van der Waals surface area contributed by atoms with Gasteiger partial charge in [-0.2, -0.15) is 9.97 Å². The molecule has 0 unspecified atom stereocenters. The molecule has 0 amide bonds. The highest BCUT2D eigenvalue weighted by molar-refractivity contribution is 5.84. The van der Waals surface area contributed by atoms with Crippen LogP contribution in [0.1, 0.15) is 0 Å². The van der Waals surface area contributed by atoms with Crippen molar-refractivity contribution in [3.63, 3.8) is 0 Å². The number of H-pyrrole nitrogens is 1. The molecular formula is C9H12F2N6O. The van der Waals surface area contributed by atoms with Crippen LogP contribution in [-0.4, -0.2) is 51.2 Å². The van der Waals surface area contributed by atoms with Gasteiger partial charge in [-0.05, 0) is 0 Å². The monoisotopic (exact) mass is 258 g/mol. The molecule has 2 rings (SSSR count). The number of anilines is 2. The molecule has 2 aromatic rings. The van der Waals surface area contributed by atoms with Crippen LogP contribution in [0.25, 0.3) is 11.2 Å². The number of aromatic amines is 1. The van der Waals surface area contributed by atoms with Gasteiger partial charge in [-0.1, -0.05) is 0 Å². The van der Waals surface area contributed by atoms with Crippen LogP contribution in [0.2, 0.25) is 0 Å². The van der Waals surface area contributed by atoms with E-state index in [0.29, 0.717) is 11.2 Å². The van der Waals surface area contributed by atoms with E-state index in [4.69, 9.17) is 10.8 Å². The summed E-state index contributed by atoms with van der Waals surface area (Å²) in [5.41, 5.74) is 6.21. The van der Waals surface area contributed by atoms with E-state index in [0.717, 1.165) is 0 Å². The smallest absolute Gasteiger partial charge is 0.255 e. The number of halogens is 2. The normalized spacial score (nSPS) is 11.3. The maximum absolute atomic E-state index is 12.5. The van der Waals surface area contributed by atoms with E-state index in [-0.39, 0.29) is 24.9 Å². The van der Waals surface area contributed by atoms with Crippen LogP contribution in [0.3, 0.4) is 0 Å². The van der Waals surface area contributed by atoms with E-state index in [1.165, 1.54) is 11.2 Å². The number of nitrogen functional groups attached to an aromatic ring is 1. The number of aliphatic hydroxyl groups excluding tert-OH is 1. The third-order valence-electron chi connectivity index (χ3n) is 2.31. The molecule has 7 nitrogen and oxygen atoms in total. The summed E-state index contributed by atoms with van der Waals surface area (Å²) in [6.07, 6.45) is -1.17. The highest BCUT2D eigenvalue weighted by Crippen LogP contribution is 2.22. The second kappa shape index (κ2) is 5.08. The molecule has 98 valence electrons. The molecule has 0 aliphatic rings. The van der Waals surface area contributed by atoms with Crippen molar-refractivity contribution < 1.29 is 13.9 Å². The summed E-state index contributed by atoms with van der Waals surface area (Å²) in [7, 11) is 0. The predicted molar refractivity (Wildman–Crippen MR) is 61.4 cm³/mol. The molecule has 18 heavy (non-hydrogen) atoms. The zero-order valence-electron chi connectivity index (χ0n) is 9.35. The average Bonchev–Trinajstić information content (AvgIpc) is 2.74. The summed E-state index contributed by atoms with van der Waals surface area (Å²) < 4.78 is 25.0. The quantitative estimate of drug-likeness (QED) is 0.697. The van der Waals surface area contributed by atoms with Gasteiger partial charge in [-0.15, -0.1) is 0 Å². The number of nitrogens with zero attached hydrogens (tertiary/aromatic N) is 4. The zero-order valence-corrected chi connectivity index (χ0v) is 9.35. The first-order valence-electron chi connectivity index (χ1n) is 5.22. The van der Waals surface area contributed by atoms with Crippen LogP contribution in [-0.2, 0) is 0 Å². The van der Waals surface area contributed by atoms with Gasteiger partial charge >= 0.3 is 0 Å². The van der Waals surface area contributed by atoms with Crippen LogP contribution in [0.15, 0.2) is 6.33 Å². The third kappa shape index (κ3) is 2.45. The fraction of sp³-hybridized carbons (Fsp3) is 0.444. The number of alkyl halides is 2. The number of rotatable bonds is 5. The molecule has 0 aliphatic carbocycles. The number of hydrogen-bond acceptors (Lipinski definition) is 6. The molecule has 4 N–H and O–H groups in total. The second-order valence-electron chi connectivity index (χ2n) is 3.57. The minimum absolute atomic E-state index is 0.0227. The van der Waals surface area contributed by atoms with Crippen molar-refractivity contribution in [1.29, 1.82) is 0 Å². The minimum atomic E-state index is -2.55. The SMILES string of the molecule is Nc1nc(N(CCO)CC(F)F)c2[nH]cnc2n1. The lowest BCUT2D eigenvalue weighted by Gasteiger charge is -2.22. The Morgan fingerprint density at radius 3 is 2.89 bits per heavy atom. The number of nitrogens with one attached hydrogen (secondary N) is 1. The Kier molecular flexibility index (Phi) is 3.51. The molecule has 2 heterocycles. The molecular weight excluding hydrogens is 246 g/mol. The molecule has 2 aromatic heterocycles. The van der Waals surface area contributed by atoms with Crippen molar-refractivity contribution in [2.45, 2.75) is 6.43 Å². The van der Waals surface area contributed by atoms with Gasteiger partial charge in [0.05, 0.1) is 19.5 Å². The van der Waals surface area contributed by atoms with E-state index in [9.17, 15) is 8.78 Å². The molecule has 0 spiro atoms. The first-order chi connectivity index (χ1) is 8.61. The lowest BCUT2D eigenvalue weighted by atomic mass is 10.4. The Morgan fingerprint density at radius 2 is 2.22 bits per heavy atom. The van der Waals surface area contributed by atoms with Gasteiger partial charge in [0, 0.05) is 6.54 Å². The second-order valence-corrected chi connectivity index (χ2v) is 3.57. The molecule has 0 saturated heterocycles. The van der Waals surface area contributed by atoms with Crippen LogP contribution in [0.5, 0.6) is 0 Å². The van der Waals surface area contributed by atoms with Crippen LogP contribution in [0, 0.1) is 0 Å². The van der Waals surface area contributed by atoms with Crippen molar-refractivity contribution in [1.82, 2.24) is 19.9 Å². The van der Waals surface area contributed by atoms with Crippen molar-refractivity contribution in [2.75, 3.05) is 30.3 Å². The lowest BCUT2D eigenvalue weighted by molar-refractivity contribution is 0.152. The summed E-state index contributed by atoms with van der Waals surface area (Å²) in [5, 5.41) is 8.92. The van der Waals surface area contributed by atoms with Gasteiger partial charge in [0.2, 0.25) is 5.95 Å². The van der Waals surface area contributed by atoms with Crippen LogP contribution in [0.4, 0.5) is 20.5 Å². The first kappa shape index (κ1) is 12.4. The van der Waals surface area contributed by atoms with Gasteiger partial charge in [0.1, 0.15) is 5.52 Å². The average molecular weight is 258 g/mol. The molecule has 0 aromatic carbocycles. The Hall–Kier alpha value is -2.03. The van der Waals surface area contributed by atoms with Crippen molar-refractivity contribution >= 4 is 22.9 Å². The van der Waals surface area contributed by atoms with Gasteiger partial charge in [0.15, 0.2) is 11.5 Å². The largest absolute Gasteiger partial charge is 0.395 e. The van der Waals surface area contributed by atoms with E-state index >= 15 is 0 Å². The Bertz CT molecular complexity index is 531. The molecule has 0 saturated carbocycles. The summed E-state index contributed by atoms with van der Waals surface area (Å²) in [6, 6.07) is 0. The number of fused-ring (bicyclic) bond motifs is 1. The van der Waals surface area contributed by atoms with Crippen molar-refractivity contribution in [3.8, 4) is 0 Å². The summed E-state index contributed by atoms with van der Waals surface area (Å²) in [4.78, 5) is 15.7. The third-order valence-corrected chi connectivity index (χ3v) is 2.31. The fourth-order valence-electron chi connectivity index (χ4n) is 1.63. The predicted octanol–water partition coefficient (Wildman–Crippen LogP) is -0.00110. The molecule has 0 radical (unpaired) electrons. The molecule has 0 atom stereocenters. The maximum atomic E-state index is 12.5. The molecule has 0 aliphatic heterocycles. The van der Waals surface area contributed by atoms with E-state index in [1.54, 1.807) is 0 Å². The number of nitrogens with two attached hydrogens (primary N) is 1. The number of aromatic nitrogens is 4. The highest BCUT2D eigenvalue weighted by atomic mass is 19.3. The fourth-order valence-corrected chi connectivity index (χ4v) is 1.63. The van der Waals surface area contributed by atoms with Crippen LogP contribution < -0.4 is 10.6 Å². The van der Waals surface area contributed by atoms with Crippen LogP contribution >= 0.6 is 0 Å². The van der Waals surface area contributed by atoms with Gasteiger partial charge in [-0.25, -0.2) is 13.8 Å². The van der Waals surface area contributed by atoms with Gasteiger partial charge < -0.3 is 20.7 Å². The van der Waals surface area contributed by atoms with Crippen molar-refractivity contribution in [3.05, 3.63) is 6.33 Å². The summed E-state index contributed by atoms with van der Waals surface area (Å²) in [5.74, 6) is 0.158. The van der Waals surface area contributed by atoms with Gasteiger partial charge in [-0.3, -0.25) is 0 Å². The molecule has 9 heteroatoms. The van der Waals surface area contributed by atoms with E-state index in [1.807, 2.05) is 0 Å². The zero-order chi connectivity index (χ0) is 13.1. The topological polar surface area (TPSA) is 104 Å². The maximum Gasteiger partial charge on any atom is 0.255 e. The highest BCUT2D eigenvalue weighted by Gasteiger charge is 2.18. The van der Waals surface area contributed by atoms with Gasteiger partial charge in [0.25, 0.3) is 6.43 Å². The molecule has 0 bridgehead atoms. The van der Waals surface area contributed by atoms with Crippen molar-refractivity contribution in [2.24, 2.45) is 0 Å². The number of hydrogen-bond donors (Lipinski definition) is 3. The number of imidazole rings is 1. The minimum Gasteiger partial charge on any atom is -0.395 e. The van der Waals surface area contributed by atoms with E-state index in [2.05, 4.69) is 19.9 Å². The first-order valence-corrected chi connectivity index (χ1v) is 5.22. The summed E-state index contributed by atoms with van der Waals surface area (Å²) >= 11 is 0. The Balaban J connectivity index is 2.44. The van der Waals surface area contributed by atoms with E-state index < -0.39 is 13.0 Å². The molecule has 0 fully saturated rings. The Labute approximate surface area is 101 Å². The Morgan fingerprint density at radius 1 is 1.44 bits per heavy atom. The standard InChI is InChI=1S/C9H12F2N6O/c10-5(11)3-17(1-2-18)8-6-7(14-4-13-6)15-9(12)16-8/h4-5,18H,1-3H2,(H3,12,13,14,15,16). The number of aliphatic hydroxyl groups is 1. The lowest BCUT2D eigenvalue weighted by Crippen LogP contribution is -2.32. The summed E-state index contributed by atoms with van der Waals surface area (Å²) in [6.45, 7) is -0.799.